The van der Waals surface area contributed by atoms with Gasteiger partial charge in [-0.2, -0.15) is 0 Å². The first-order chi connectivity index (χ1) is 10.3. The third kappa shape index (κ3) is 1.78. The van der Waals surface area contributed by atoms with Crippen LogP contribution in [0.3, 0.4) is 0 Å². The number of hydrogen-bond donors (Lipinski definition) is 1. The Kier molecular flexibility index (Phi) is 1.51. The Labute approximate surface area is 112 Å². The molecule has 2 heteroatoms. The van der Waals surface area contributed by atoms with Crippen LogP contribution in [0.15, 0.2) is 54.5 Å². The van der Waals surface area contributed by atoms with E-state index < -0.39 is 24.2 Å². The van der Waals surface area contributed by atoms with Crippen LogP contribution in [-0.2, 0) is 0 Å². The van der Waals surface area contributed by atoms with E-state index in [9.17, 15) is 5.11 Å². The highest BCUT2D eigenvalue weighted by Gasteiger charge is 2.22. The molecule has 1 atom stereocenters. The van der Waals surface area contributed by atoms with Gasteiger partial charge in [-0.25, -0.2) is 0 Å². The zero-order valence-electron chi connectivity index (χ0n) is 13.7. The third-order valence-electron chi connectivity index (χ3n) is 2.72. The first kappa shape index (κ1) is 6.39. The Morgan fingerprint density at radius 1 is 1.18 bits per heavy atom. The van der Waals surface area contributed by atoms with Crippen molar-refractivity contribution in [1.82, 2.24) is 0 Å². The fourth-order valence-electron chi connectivity index (χ4n) is 1.96. The van der Waals surface area contributed by atoms with E-state index in [2.05, 4.69) is 0 Å². The summed E-state index contributed by atoms with van der Waals surface area (Å²) in [6.45, 7) is 0. The average Bonchev–Trinajstić information content (AvgIpc) is 2.80. The summed E-state index contributed by atoms with van der Waals surface area (Å²) in [5.74, 6) is 0. The second kappa shape index (κ2) is 4.02. The van der Waals surface area contributed by atoms with Crippen molar-refractivity contribution in [3.63, 3.8) is 0 Å². The quantitative estimate of drug-likeness (QED) is 0.812. The lowest BCUT2D eigenvalue weighted by Gasteiger charge is -2.06. The van der Waals surface area contributed by atoms with Gasteiger partial charge in [-0.3, -0.25) is 0 Å². The predicted molar refractivity (Wildman–Crippen MR) is 69.9 cm³/mol. The highest BCUT2D eigenvalue weighted by Crippen LogP contribution is 2.39. The highest BCUT2D eigenvalue weighted by atomic mass is 35.5. The van der Waals surface area contributed by atoms with Gasteiger partial charge in [0.2, 0.25) is 0 Å². The molecule has 0 radical (unpaired) electrons. The molecule has 2 aromatic rings. The van der Waals surface area contributed by atoms with Gasteiger partial charge in [0.05, 0.1) is 13.0 Å². The van der Waals surface area contributed by atoms with Crippen molar-refractivity contribution < 1.29 is 12.0 Å². The Morgan fingerprint density at radius 2 is 1.94 bits per heavy atom. The molecule has 0 heterocycles. The topological polar surface area (TPSA) is 20.2 Å². The SMILES string of the molecule is [2H]c1c([2H])c([2H])c(C2=C[C@H](O)c3cc(Cl)ccc32)c([2H])c1[2H]. The molecule has 17 heavy (non-hydrogen) atoms. The van der Waals surface area contributed by atoms with Crippen LogP contribution in [-0.4, -0.2) is 5.11 Å². The second-order valence-corrected chi connectivity index (χ2v) is 4.19. The van der Waals surface area contributed by atoms with E-state index in [1.165, 1.54) is 6.08 Å². The maximum atomic E-state index is 10.1. The standard InChI is InChI=1S/C15H11ClO/c16-11-6-7-12-13(9-15(17)14(12)8-11)10-4-2-1-3-5-10/h1-9,15,17H/t15-/m0/s1/i1D,2D,3D,4D,5D. The van der Waals surface area contributed by atoms with Crippen molar-refractivity contribution in [2.75, 3.05) is 0 Å². The van der Waals surface area contributed by atoms with Gasteiger partial charge in [0.1, 0.15) is 0 Å². The molecule has 0 aromatic heterocycles. The van der Waals surface area contributed by atoms with Gasteiger partial charge >= 0.3 is 0 Å². The number of aliphatic hydroxyl groups is 1. The minimum atomic E-state index is -0.915. The van der Waals surface area contributed by atoms with E-state index in [-0.39, 0.29) is 17.6 Å². The van der Waals surface area contributed by atoms with Crippen molar-refractivity contribution in [2.24, 2.45) is 0 Å². The Bertz CT molecular complexity index is 802. The average molecular weight is 248 g/mol. The minimum absolute atomic E-state index is 0.0890. The van der Waals surface area contributed by atoms with Crippen LogP contribution >= 0.6 is 11.6 Å². The van der Waals surface area contributed by atoms with E-state index in [0.29, 0.717) is 21.7 Å². The van der Waals surface area contributed by atoms with Gasteiger partial charge in [-0.15, -0.1) is 0 Å². The van der Waals surface area contributed by atoms with Crippen molar-refractivity contribution in [2.45, 2.75) is 6.10 Å². The fourth-order valence-corrected chi connectivity index (χ4v) is 2.14. The third-order valence-corrected chi connectivity index (χ3v) is 2.95. The van der Waals surface area contributed by atoms with Crippen molar-refractivity contribution in [3.8, 4) is 0 Å². The smallest absolute Gasteiger partial charge is 0.0987 e. The van der Waals surface area contributed by atoms with Gasteiger partial charge in [0.25, 0.3) is 0 Å². The predicted octanol–water partition coefficient (Wildman–Crippen LogP) is 3.82. The van der Waals surface area contributed by atoms with Crippen molar-refractivity contribution in [1.29, 1.82) is 0 Å². The Morgan fingerprint density at radius 3 is 2.71 bits per heavy atom. The molecule has 1 nitrogen and oxygen atoms in total. The van der Waals surface area contributed by atoms with Crippen LogP contribution in [0.2, 0.25) is 5.02 Å². The van der Waals surface area contributed by atoms with Gasteiger partial charge in [0.15, 0.2) is 0 Å². The zero-order valence-corrected chi connectivity index (χ0v) is 9.47. The maximum absolute atomic E-state index is 10.1. The zero-order chi connectivity index (χ0) is 16.2. The number of halogens is 1. The summed E-state index contributed by atoms with van der Waals surface area (Å²) in [7, 11) is 0. The summed E-state index contributed by atoms with van der Waals surface area (Å²) < 4.78 is 39.2. The number of aliphatic hydroxyl groups excluding tert-OH is 1. The highest BCUT2D eigenvalue weighted by molar-refractivity contribution is 6.30. The first-order valence-electron chi connectivity index (χ1n) is 7.60. The molecule has 0 unspecified atom stereocenters. The summed E-state index contributed by atoms with van der Waals surface area (Å²) in [5.41, 5.74) is 1.70. The molecular weight excluding hydrogens is 232 g/mol. The maximum Gasteiger partial charge on any atom is 0.0987 e. The molecule has 0 spiro atoms. The van der Waals surface area contributed by atoms with Crippen LogP contribution in [0, 0.1) is 0 Å². The number of rotatable bonds is 1. The van der Waals surface area contributed by atoms with Gasteiger partial charge in [-0.05, 0) is 40.5 Å². The lowest BCUT2D eigenvalue weighted by atomic mass is 9.99. The number of fused-ring (bicyclic) bond motifs is 1. The summed E-state index contributed by atoms with van der Waals surface area (Å²) >= 11 is 5.92. The molecule has 0 saturated carbocycles. The molecule has 1 aliphatic carbocycles. The second-order valence-electron chi connectivity index (χ2n) is 3.76. The molecule has 0 bridgehead atoms. The van der Waals surface area contributed by atoms with Crippen LogP contribution in [0.5, 0.6) is 0 Å². The molecule has 84 valence electrons. The minimum Gasteiger partial charge on any atom is -0.384 e. The normalized spacial score (nSPS) is 21.9. The lowest BCUT2D eigenvalue weighted by molar-refractivity contribution is 0.232. The lowest BCUT2D eigenvalue weighted by Crippen LogP contribution is -1.90. The molecule has 0 saturated heterocycles. The molecule has 1 N–H and O–H groups in total. The summed E-state index contributed by atoms with van der Waals surface area (Å²) in [4.78, 5) is 0. The van der Waals surface area contributed by atoms with E-state index in [1.807, 2.05) is 0 Å². The summed E-state index contributed by atoms with van der Waals surface area (Å²) in [5, 5.41) is 10.6. The largest absolute Gasteiger partial charge is 0.384 e. The molecule has 3 rings (SSSR count). The van der Waals surface area contributed by atoms with Crippen molar-refractivity contribution >= 4 is 17.2 Å². The van der Waals surface area contributed by atoms with E-state index in [1.54, 1.807) is 18.2 Å². The van der Waals surface area contributed by atoms with Gasteiger partial charge in [-0.1, -0.05) is 47.9 Å². The molecule has 1 aliphatic rings. The summed E-state index contributed by atoms with van der Waals surface area (Å²) in [6, 6.07) is 3.14. The van der Waals surface area contributed by atoms with Crippen LogP contribution < -0.4 is 0 Å². The van der Waals surface area contributed by atoms with Gasteiger partial charge in [0, 0.05) is 5.02 Å². The van der Waals surface area contributed by atoms with Crippen molar-refractivity contribution in [3.05, 3.63) is 76.2 Å². The first-order valence-corrected chi connectivity index (χ1v) is 5.47. The monoisotopic (exact) mass is 247 g/mol. The molecular formula is C15H11ClO. The molecule has 0 aliphatic heterocycles. The number of hydrogen-bond acceptors (Lipinski definition) is 1. The molecule has 2 aromatic carbocycles. The summed E-state index contributed by atoms with van der Waals surface area (Å²) in [6.07, 6.45) is 0.566. The van der Waals surface area contributed by atoms with Crippen LogP contribution in [0.1, 0.15) is 29.6 Å². The van der Waals surface area contributed by atoms with Crippen LogP contribution in [0.4, 0.5) is 0 Å². The number of benzene rings is 2. The van der Waals surface area contributed by atoms with E-state index in [0.717, 1.165) is 0 Å². The van der Waals surface area contributed by atoms with Crippen LogP contribution in [0.25, 0.3) is 5.57 Å². The molecule has 0 fully saturated rings. The Hall–Kier alpha value is -1.57. The Balaban J connectivity index is 2.30. The fraction of sp³-hybridized carbons (Fsp3) is 0.0667. The van der Waals surface area contributed by atoms with E-state index in [4.69, 9.17) is 18.5 Å². The molecule has 0 amide bonds. The van der Waals surface area contributed by atoms with Gasteiger partial charge < -0.3 is 5.11 Å². The van der Waals surface area contributed by atoms with E-state index >= 15 is 0 Å².